The number of carbonyl (C=O) groups is 1. The standard InChI is InChI=1S/C14H12N4O3S/c19-11(5-9-2-4-22-8-9)16-7-13-17-14(18-21-13)10-1-3-15-12(20)6-10/h1-4,6,8H,5,7H2,(H,15,20)(H,16,19). The molecule has 0 saturated carbocycles. The summed E-state index contributed by atoms with van der Waals surface area (Å²) in [6.07, 6.45) is 1.83. The van der Waals surface area contributed by atoms with Gasteiger partial charge in [-0.1, -0.05) is 5.16 Å². The fraction of sp³-hybridized carbons (Fsp3) is 0.143. The highest BCUT2D eigenvalue weighted by Crippen LogP contribution is 2.12. The number of aromatic nitrogens is 3. The van der Waals surface area contributed by atoms with Crippen LogP contribution in [0, 0.1) is 0 Å². The molecule has 7 nitrogen and oxygen atoms in total. The van der Waals surface area contributed by atoms with Gasteiger partial charge in [-0.25, -0.2) is 0 Å². The van der Waals surface area contributed by atoms with Crippen LogP contribution in [-0.2, 0) is 17.8 Å². The van der Waals surface area contributed by atoms with E-state index in [9.17, 15) is 9.59 Å². The van der Waals surface area contributed by atoms with Gasteiger partial charge >= 0.3 is 0 Å². The Bertz CT molecular complexity index is 822. The lowest BCUT2D eigenvalue weighted by atomic mass is 10.2. The molecule has 0 aliphatic rings. The highest BCUT2D eigenvalue weighted by molar-refractivity contribution is 7.07. The Morgan fingerprint density at radius 3 is 3.09 bits per heavy atom. The number of aromatic amines is 1. The summed E-state index contributed by atoms with van der Waals surface area (Å²) in [7, 11) is 0. The molecule has 0 aliphatic carbocycles. The van der Waals surface area contributed by atoms with Crippen LogP contribution in [-0.4, -0.2) is 21.0 Å². The van der Waals surface area contributed by atoms with Gasteiger partial charge in [0.05, 0.1) is 13.0 Å². The van der Waals surface area contributed by atoms with Gasteiger partial charge in [0.25, 0.3) is 0 Å². The molecule has 0 aliphatic heterocycles. The summed E-state index contributed by atoms with van der Waals surface area (Å²) >= 11 is 1.55. The van der Waals surface area contributed by atoms with E-state index in [4.69, 9.17) is 4.52 Å². The van der Waals surface area contributed by atoms with E-state index in [1.54, 1.807) is 17.4 Å². The van der Waals surface area contributed by atoms with Crippen molar-refractivity contribution in [3.05, 3.63) is 57.0 Å². The Balaban J connectivity index is 1.60. The Morgan fingerprint density at radius 2 is 2.32 bits per heavy atom. The molecule has 0 fully saturated rings. The Kier molecular flexibility index (Phi) is 4.10. The summed E-state index contributed by atoms with van der Waals surface area (Å²) in [6.45, 7) is 0.152. The second kappa shape index (κ2) is 6.35. The summed E-state index contributed by atoms with van der Waals surface area (Å²) in [6, 6.07) is 4.96. The molecule has 1 amide bonds. The monoisotopic (exact) mass is 316 g/mol. The number of nitrogens with one attached hydrogen (secondary N) is 2. The van der Waals surface area contributed by atoms with Crippen LogP contribution in [0.5, 0.6) is 0 Å². The molecule has 3 aromatic rings. The first-order chi connectivity index (χ1) is 10.7. The van der Waals surface area contributed by atoms with Gasteiger partial charge in [-0.2, -0.15) is 16.3 Å². The molecule has 0 saturated heterocycles. The first-order valence-electron chi connectivity index (χ1n) is 6.50. The molecule has 3 rings (SSSR count). The Hall–Kier alpha value is -2.74. The SMILES string of the molecule is O=C(Cc1ccsc1)NCc1nc(-c2cc[nH]c(=O)c2)no1. The third kappa shape index (κ3) is 3.47. The molecule has 0 radical (unpaired) electrons. The predicted octanol–water partition coefficient (Wildman–Crippen LogP) is 1.35. The van der Waals surface area contributed by atoms with E-state index in [1.165, 1.54) is 12.3 Å². The number of thiophene rings is 1. The van der Waals surface area contributed by atoms with Gasteiger partial charge in [-0.15, -0.1) is 0 Å². The van der Waals surface area contributed by atoms with Crippen LogP contribution in [0.25, 0.3) is 11.4 Å². The van der Waals surface area contributed by atoms with E-state index in [-0.39, 0.29) is 23.9 Å². The van der Waals surface area contributed by atoms with Crippen molar-refractivity contribution in [2.45, 2.75) is 13.0 Å². The van der Waals surface area contributed by atoms with Crippen LogP contribution in [0.1, 0.15) is 11.5 Å². The van der Waals surface area contributed by atoms with Crippen molar-refractivity contribution in [3.63, 3.8) is 0 Å². The molecule has 3 heterocycles. The fourth-order valence-corrected chi connectivity index (χ4v) is 2.51. The fourth-order valence-electron chi connectivity index (χ4n) is 1.84. The van der Waals surface area contributed by atoms with E-state index in [0.29, 0.717) is 17.8 Å². The minimum Gasteiger partial charge on any atom is -0.347 e. The summed E-state index contributed by atoms with van der Waals surface area (Å²) < 4.78 is 5.06. The number of rotatable bonds is 5. The minimum atomic E-state index is -0.243. The average Bonchev–Trinajstić information content (AvgIpc) is 3.16. The molecular formula is C14H12N4O3S. The molecule has 112 valence electrons. The molecule has 3 aromatic heterocycles. The Labute approximate surface area is 129 Å². The van der Waals surface area contributed by atoms with E-state index >= 15 is 0 Å². The predicted molar refractivity (Wildman–Crippen MR) is 80.2 cm³/mol. The zero-order valence-electron chi connectivity index (χ0n) is 11.4. The van der Waals surface area contributed by atoms with Gasteiger partial charge in [0.15, 0.2) is 0 Å². The minimum absolute atomic E-state index is 0.116. The maximum absolute atomic E-state index is 11.8. The van der Waals surface area contributed by atoms with E-state index in [1.807, 2.05) is 16.8 Å². The van der Waals surface area contributed by atoms with Crippen LogP contribution in [0.2, 0.25) is 0 Å². The van der Waals surface area contributed by atoms with E-state index < -0.39 is 0 Å². The van der Waals surface area contributed by atoms with Crippen molar-refractivity contribution in [2.24, 2.45) is 0 Å². The quantitative estimate of drug-likeness (QED) is 0.740. The molecular weight excluding hydrogens is 304 g/mol. The average molecular weight is 316 g/mol. The first kappa shape index (κ1) is 14.2. The highest BCUT2D eigenvalue weighted by atomic mass is 32.1. The zero-order chi connectivity index (χ0) is 15.4. The van der Waals surface area contributed by atoms with Crippen LogP contribution in [0.15, 0.2) is 44.5 Å². The summed E-state index contributed by atoms with van der Waals surface area (Å²) in [5.74, 6) is 0.483. The number of amides is 1. The maximum Gasteiger partial charge on any atom is 0.248 e. The van der Waals surface area contributed by atoms with Crippen LogP contribution in [0.3, 0.4) is 0 Å². The molecule has 0 spiro atoms. The summed E-state index contributed by atoms with van der Waals surface area (Å²) in [5, 5.41) is 10.4. The number of hydrogen-bond acceptors (Lipinski definition) is 6. The summed E-state index contributed by atoms with van der Waals surface area (Å²) in [4.78, 5) is 29.7. The molecule has 22 heavy (non-hydrogen) atoms. The lowest BCUT2D eigenvalue weighted by molar-refractivity contribution is -0.120. The Morgan fingerprint density at radius 1 is 1.41 bits per heavy atom. The molecule has 0 bridgehead atoms. The van der Waals surface area contributed by atoms with Crippen molar-refractivity contribution >= 4 is 17.2 Å². The second-order valence-corrected chi connectivity index (χ2v) is 5.32. The van der Waals surface area contributed by atoms with Crippen LogP contribution in [0.4, 0.5) is 0 Å². The van der Waals surface area contributed by atoms with Crippen LogP contribution < -0.4 is 10.9 Å². The number of H-pyrrole nitrogens is 1. The zero-order valence-corrected chi connectivity index (χ0v) is 12.2. The molecule has 0 atom stereocenters. The molecule has 0 unspecified atom stereocenters. The molecule has 0 aromatic carbocycles. The normalized spacial score (nSPS) is 10.5. The van der Waals surface area contributed by atoms with Gasteiger partial charge in [-0.3, -0.25) is 9.59 Å². The van der Waals surface area contributed by atoms with Crippen LogP contribution >= 0.6 is 11.3 Å². The van der Waals surface area contributed by atoms with E-state index in [0.717, 1.165) is 5.56 Å². The molecule has 2 N–H and O–H groups in total. The highest BCUT2D eigenvalue weighted by Gasteiger charge is 2.10. The maximum atomic E-state index is 11.8. The number of carbonyl (C=O) groups excluding carboxylic acids is 1. The topological polar surface area (TPSA) is 101 Å². The number of nitrogens with zero attached hydrogens (tertiary/aromatic N) is 2. The van der Waals surface area contributed by atoms with E-state index in [2.05, 4.69) is 20.4 Å². The van der Waals surface area contributed by atoms with Gasteiger partial charge in [-0.05, 0) is 28.5 Å². The first-order valence-corrected chi connectivity index (χ1v) is 7.44. The van der Waals surface area contributed by atoms with Gasteiger partial charge < -0.3 is 14.8 Å². The largest absolute Gasteiger partial charge is 0.347 e. The third-order valence-electron chi connectivity index (χ3n) is 2.88. The summed E-state index contributed by atoms with van der Waals surface area (Å²) in [5.41, 5.74) is 1.29. The number of pyridine rings is 1. The van der Waals surface area contributed by atoms with Crippen molar-refractivity contribution < 1.29 is 9.32 Å². The number of hydrogen-bond donors (Lipinski definition) is 2. The van der Waals surface area contributed by atoms with Gasteiger partial charge in [0.2, 0.25) is 23.2 Å². The van der Waals surface area contributed by atoms with Gasteiger partial charge in [0, 0.05) is 17.8 Å². The molecule has 8 heteroatoms. The smallest absolute Gasteiger partial charge is 0.248 e. The third-order valence-corrected chi connectivity index (χ3v) is 3.61. The lowest BCUT2D eigenvalue weighted by Crippen LogP contribution is -2.24. The van der Waals surface area contributed by atoms with Crippen molar-refractivity contribution in [1.29, 1.82) is 0 Å². The lowest BCUT2D eigenvalue weighted by Gasteiger charge is -2.00. The van der Waals surface area contributed by atoms with Crippen molar-refractivity contribution in [1.82, 2.24) is 20.4 Å². The van der Waals surface area contributed by atoms with Crippen molar-refractivity contribution in [2.75, 3.05) is 0 Å². The van der Waals surface area contributed by atoms with Crippen molar-refractivity contribution in [3.8, 4) is 11.4 Å². The van der Waals surface area contributed by atoms with Gasteiger partial charge in [0.1, 0.15) is 0 Å². The second-order valence-electron chi connectivity index (χ2n) is 4.54.